The third-order valence-electron chi connectivity index (χ3n) is 4.49. The number of hydrogen-bond donors (Lipinski definition) is 2. The number of hydrogen-bond acceptors (Lipinski definition) is 5. The number of nitrogens with one attached hydrogen (secondary N) is 1. The normalized spacial score (nSPS) is 18.2. The molecule has 9 heteroatoms. The van der Waals surface area contributed by atoms with E-state index in [1.54, 1.807) is 49.2 Å². The second-order valence-electron chi connectivity index (χ2n) is 6.81. The maximum Gasteiger partial charge on any atom is 0.313 e. The van der Waals surface area contributed by atoms with E-state index in [1.807, 2.05) is 0 Å². The highest BCUT2D eigenvalue weighted by Crippen LogP contribution is 2.25. The van der Waals surface area contributed by atoms with Crippen molar-refractivity contribution in [2.45, 2.75) is 19.3 Å². The number of rotatable bonds is 4. The van der Waals surface area contributed by atoms with Gasteiger partial charge >= 0.3 is 5.97 Å². The molecule has 0 spiro atoms. The molecule has 0 aromatic heterocycles. The van der Waals surface area contributed by atoms with E-state index in [0.29, 0.717) is 16.8 Å². The van der Waals surface area contributed by atoms with Crippen LogP contribution in [0.2, 0.25) is 0 Å². The molecule has 2 aliphatic rings. The molecule has 0 aliphatic carbocycles. The maximum atomic E-state index is 12.4. The van der Waals surface area contributed by atoms with Crippen LogP contribution in [0.1, 0.15) is 19.4 Å². The van der Waals surface area contributed by atoms with E-state index in [2.05, 4.69) is 9.71 Å². The fraction of sp³-hybridized carbons (Fsp3) is 0.278. The lowest BCUT2D eigenvalue weighted by Crippen LogP contribution is -2.37. The van der Waals surface area contributed by atoms with Gasteiger partial charge in [-0.1, -0.05) is 12.1 Å². The molecule has 1 aromatic rings. The van der Waals surface area contributed by atoms with Crippen LogP contribution < -0.4 is 5.32 Å². The van der Waals surface area contributed by atoms with E-state index in [0.717, 1.165) is 0 Å². The van der Waals surface area contributed by atoms with Crippen LogP contribution in [0.25, 0.3) is 0 Å². The van der Waals surface area contributed by atoms with Gasteiger partial charge in [0.25, 0.3) is 15.9 Å². The summed E-state index contributed by atoms with van der Waals surface area (Å²) in [5.41, 5.74) is 0.491. The first kappa shape index (κ1) is 18.8. The molecule has 0 saturated heterocycles. The van der Waals surface area contributed by atoms with E-state index in [1.165, 1.54) is 12.2 Å². The summed E-state index contributed by atoms with van der Waals surface area (Å²) in [6.07, 6.45) is 4.56. The lowest BCUT2D eigenvalue weighted by Gasteiger charge is -2.27. The standard InChI is InChI=1S/C18H19N3O5S/c1-18(2,17(23)24)13-4-6-14(7-5-13)19-16(22)12-3-8-15-20-27(25,26)10-9-21(15)11-12/h3-8,11H,9-10H2,1-2H3,(H,19,22)(H,23,24). The molecule has 0 radical (unpaired) electrons. The predicted molar refractivity (Wildman–Crippen MR) is 101 cm³/mol. The van der Waals surface area contributed by atoms with Crippen LogP contribution in [0.3, 0.4) is 0 Å². The fourth-order valence-electron chi connectivity index (χ4n) is 2.63. The van der Waals surface area contributed by atoms with Crippen molar-refractivity contribution in [3.63, 3.8) is 0 Å². The number of amides is 1. The lowest BCUT2D eigenvalue weighted by atomic mass is 9.85. The zero-order chi connectivity index (χ0) is 19.8. The first-order valence-electron chi connectivity index (χ1n) is 8.23. The molecule has 2 aliphatic heterocycles. The van der Waals surface area contributed by atoms with E-state index < -0.39 is 21.4 Å². The minimum atomic E-state index is -3.44. The van der Waals surface area contributed by atoms with Gasteiger partial charge in [-0.2, -0.15) is 0 Å². The van der Waals surface area contributed by atoms with Gasteiger partial charge in [-0.05, 0) is 43.7 Å². The molecule has 142 valence electrons. The molecule has 2 N–H and O–H groups in total. The Labute approximate surface area is 157 Å². The number of nitrogens with zero attached hydrogens (tertiary/aromatic N) is 2. The molecule has 1 amide bonds. The number of benzene rings is 1. The number of carboxylic acid groups (broad SMARTS) is 1. The Bertz CT molecular complexity index is 988. The number of carbonyl (C=O) groups is 2. The Kier molecular flexibility index (Phi) is 4.64. The van der Waals surface area contributed by atoms with Crippen molar-refractivity contribution in [2.24, 2.45) is 4.40 Å². The molecular formula is C18H19N3O5S. The number of sulfonamides is 1. The highest BCUT2D eigenvalue weighted by Gasteiger charge is 2.29. The van der Waals surface area contributed by atoms with Crippen molar-refractivity contribution in [1.82, 2.24) is 4.90 Å². The number of anilines is 1. The molecule has 0 unspecified atom stereocenters. The van der Waals surface area contributed by atoms with Crippen molar-refractivity contribution < 1.29 is 23.1 Å². The van der Waals surface area contributed by atoms with Crippen LogP contribution in [0.4, 0.5) is 5.69 Å². The minimum absolute atomic E-state index is 0.101. The summed E-state index contributed by atoms with van der Waals surface area (Å²) >= 11 is 0. The molecule has 0 bridgehead atoms. The zero-order valence-electron chi connectivity index (χ0n) is 14.8. The Morgan fingerprint density at radius 2 is 1.85 bits per heavy atom. The first-order chi connectivity index (χ1) is 12.6. The van der Waals surface area contributed by atoms with Crippen molar-refractivity contribution in [3.8, 4) is 0 Å². The highest BCUT2D eigenvalue weighted by molar-refractivity contribution is 7.90. The van der Waals surface area contributed by atoms with E-state index in [9.17, 15) is 23.1 Å². The Hall–Kier alpha value is -2.94. The second kappa shape index (κ2) is 6.66. The third-order valence-corrected chi connectivity index (χ3v) is 5.65. The lowest BCUT2D eigenvalue weighted by molar-refractivity contribution is -0.142. The van der Waals surface area contributed by atoms with Crippen molar-refractivity contribution in [3.05, 3.63) is 53.8 Å². The van der Waals surface area contributed by atoms with Gasteiger partial charge in [0.15, 0.2) is 0 Å². The second-order valence-corrected chi connectivity index (χ2v) is 8.56. The highest BCUT2D eigenvalue weighted by atomic mass is 32.2. The summed E-state index contributed by atoms with van der Waals surface area (Å²) in [6.45, 7) is 3.46. The van der Waals surface area contributed by atoms with Crippen molar-refractivity contribution in [1.29, 1.82) is 0 Å². The van der Waals surface area contributed by atoms with E-state index >= 15 is 0 Å². The Morgan fingerprint density at radius 3 is 2.48 bits per heavy atom. The molecular weight excluding hydrogens is 370 g/mol. The van der Waals surface area contributed by atoms with Gasteiger partial charge in [0, 0.05) is 18.4 Å². The van der Waals surface area contributed by atoms with Gasteiger partial charge in [0.05, 0.1) is 16.7 Å². The molecule has 27 heavy (non-hydrogen) atoms. The maximum absolute atomic E-state index is 12.4. The smallest absolute Gasteiger partial charge is 0.313 e. The number of fused-ring (bicyclic) bond motifs is 1. The summed E-state index contributed by atoms with van der Waals surface area (Å²) in [7, 11) is -3.44. The minimum Gasteiger partial charge on any atom is -0.481 e. The molecule has 2 heterocycles. The summed E-state index contributed by atoms with van der Waals surface area (Å²) in [4.78, 5) is 25.4. The van der Waals surface area contributed by atoms with Gasteiger partial charge in [0.1, 0.15) is 5.84 Å². The van der Waals surface area contributed by atoms with Crippen LogP contribution in [-0.4, -0.2) is 48.4 Å². The number of carbonyl (C=O) groups excluding carboxylic acids is 1. The summed E-state index contributed by atoms with van der Waals surface area (Å²) in [5, 5.41) is 12.0. The van der Waals surface area contributed by atoms with Crippen LogP contribution in [0.5, 0.6) is 0 Å². The van der Waals surface area contributed by atoms with Gasteiger partial charge in [-0.3, -0.25) is 9.59 Å². The Morgan fingerprint density at radius 1 is 1.19 bits per heavy atom. The molecule has 1 aromatic carbocycles. The summed E-state index contributed by atoms with van der Waals surface area (Å²) < 4.78 is 26.7. The zero-order valence-corrected chi connectivity index (χ0v) is 15.7. The van der Waals surface area contributed by atoms with Gasteiger partial charge < -0.3 is 15.3 Å². The van der Waals surface area contributed by atoms with Gasteiger partial charge in [-0.25, -0.2) is 8.42 Å². The van der Waals surface area contributed by atoms with E-state index in [-0.39, 0.29) is 24.0 Å². The summed E-state index contributed by atoms with van der Waals surface area (Å²) in [6, 6.07) is 6.61. The molecule has 3 rings (SSSR count). The van der Waals surface area contributed by atoms with Crippen LogP contribution in [0.15, 0.2) is 52.6 Å². The van der Waals surface area contributed by atoms with Gasteiger partial charge in [-0.15, -0.1) is 4.40 Å². The molecule has 8 nitrogen and oxygen atoms in total. The number of amidine groups is 1. The SMILES string of the molecule is CC(C)(C(=O)O)c1ccc(NC(=O)C2=CN3CCS(=O)(=O)N=C3C=C2)cc1. The fourth-order valence-corrected chi connectivity index (χ4v) is 3.60. The quantitative estimate of drug-likeness (QED) is 0.806. The molecule has 0 fully saturated rings. The molecule has 0 saturated carbocycles. The molecule has 0 atom stereocenters. The summed E-state index contributed by atoms with van der Waals surface area (Å²) in [5.74, 6) is -1.10. The average Bonchev–Trinajstić information content (AvgIpc) is 2.61. The van der Waals surface area contributed by atoms with E-state index in [4.69, 9.17) is 0 Å². The first-order valence-corrected chi connectivity index (χ1v) is 9.84. The van der Waals surface area contributed by atoms with Crippen LogP contribution >= 0.6 is 0 Å². The van der Waals surface area contributed by atoms with Crippen LogP contribution in [-0.2, 0) is 25.0 Å². The van der Waals surface area contributed by atoms with Crippen molar-refractivity contribution >= 4 is 33.4 Å². The van der Waals surface area contributed by atoms with Gasteiger partial charge in [0.2, 0.25) is 0 Å². The Balaban J connectivity index is 1.73. The van der Waals surface area contributed by atoms with Crippen molar-refractivity contribution in [2.75, 3.05) is 17.6 Å². The average molecular weight is 389 g/mol. The topological polar surface area (TPSA) is 116 Å². The van der Waals surface area contributed by atoms with Crippen LogP contribution in [0, 0.1) is 0 Å². The number of aliphatic carboxylic acids is 1. The largest absolute Gasteiger partial charge is 0.481 e. The predicted octanol–water partition coefficient (Wildman–Crippen LogP) is 1.48. The third kappa shape index (κ3) is 3.92. The monoisotopic (exact) mass is 389 g/mol. The number of carboxylic acids is 1.